The lowest BCUT2D eigenvalue weighted by molar-refractivity contribution is -0.118. The Balaban J connectivity index is 1.24. The monoisotopic (exact) mass is 536 g/mol. The van der Waals surface area contributed by atoms with Gasteiger partial charge in [0.1, 0.15) is 6.04 Å². The number of rotatable bonds is 10. The van der Waals surface area contributed by atoms with Gasteiger partial charge in [-0.1, -0.05) is 36.4 Å². The minimum Gasteiger partial charge on any atom is -0.397 e. The number of nitrogens with one attached hydrogen (secondary N) is 3. The number of amides is 2. The summed E-state index contributed by atoms with van der Waals surface area (Å²) in [5.74, 6) is -0.483. The third-order valence-electron chi connectivity index (χ3n) is 7.22. The Morgan fingerprint density at radius 3 is 2.52 bits per heavy atom. The van der Waals surface area contributed by atoms with E-state index < -0.39 is 6.04 Å². The molecule has 0 saturated carbocycles. The molecular weight excluding hydrogens is 504 g/mol. The number of carbonyl (C=O) groups excluding carboxylic acids is 2. The number of likely N-dealkylation sites (tertiary alicyclic amines) is 1. The van der Waals surface area contributed by atoms with E-state index in [9.17, 15) is 9.59 Å². The summed E-state index contributed by atoms with van der Waals surface area (Å²) in [5.41, 5.74) is 9.72. The molecule has 0 aliphatic carbocycles. The van der Waals surface area contributed by atoms with Crippen molar-refractivity contribution in [3.8, 4) is 6.07 Å². The first-order valence-electron chi connectivity index (χ1n) is 13.3. The zero-order valence-electron chi connectivity index (χ0n) is 22.0. The van der Waals surface area contributed by atoms with Crippen LogP contribution in [-0.2, 0) is 14.3 Å². The Hall–Kier alpha value is -4.49. The van der Waals surface area contributed by atoms with Crippen LogP contribution in [0.1, 0.15) is 29.2 Å². The number of para-hydroxylation sites is 2. The van der Waals surface area contributed by atoms with Crippen molar-refractivity contribution in [1.29, 1.82) is 5.26 Å². The molecule has 40 heavy (non-hydrogen) atoms. The fourth-order valence-electron chi connectivity index (χ4n) is 5.07. The van der Waals surface area contributed by atoms with Crippen molar-refractivity contribution in [3.63, 3.8) is 0 Å². The summed E-state index contributed by atoms with van der Waals surface area (Å²) in [6, 6.07) is 23.3. The molecule has 2 bridgehead atoms. The van der Waals surface area contributed by atoms with E-state index in [1.54, 1.807) is 54.6 Å². The molecule has 9 heteroatoms. The van der Waals surface area contributed by atoms with Gasteiger partial charge in [0.2, 0.25) is 11.8 Å². The van der Waals surface area contributed by atoms with E-state index in [2.05, 4.69) is 26.9 Å². The number of nitriles is 1. The van der Waals surface area contributed by atoms with Gasteiger partial charge in [-0.05, 0) is 60.0 Å². The van der Waals surface area contributed by atoms with Crippen LogP contribution in [0, 0.1) is 11.3 Å². The summed E-state index contributed by atoms with van der Waals surface area (Å²) in [6.07, 6.45) is 4.56. The van der Waals surface area contributed by atoms with Gasteiger partial charge in [-0.15, -0.1) is 0 Å². The van der Waals surface area contributed by atoms with E-state index in [4.69, 9.17) is 15.7 Å². The van der Waals surface area contributed by atoms with E-state index >= 15 is 0 Å². The Morgan fingerprint density at radius 1 is 1.07 bits per heavy atom. The number of nitrogens with zero attached hydrogens (tertiary/aromatic N) is 2. The van der Waals surface area contributed by atoms with E-state index in [0.29, 0.717) is 41.3 Å². The van der Waals surface area contributed by atoms with Crippen LogP contribution in [0.2, 0.25) is 0 Å². The molecule has 5 rings (SSSR count). The van der Waals surface area contributed by atoms with E-state index in [1.165, 1.54) is 6.08 Å². The van der Waals surface area contributed by atoms with Gasteiger partial charge >= 0.3 is 0 Å². The second kappa shape index (κ2) is 12.6. The van der Waals surface area contributed by atoms with Gasteiger partial charge in [-0.25, -0.2) is 0 Å². The number of nitrogen functional groups attached to an aromatic ring is 1. The maximum absolute atomic E-state index is 13.4. The Morgan fingerprint density at radius 2 is 1.85 bits per heavy atom. The molecule has 0 radical (unpaired) electrons. The molecule has 9 nitrogen and oxygen atoms in total. The van der Waals surface area contributed by atoms with Crippen molar-refractivity contribution >= 4 is 35.0 Å². The standard InChI is InChI=1S/C31H32N6O3/c32-18-22-7-12-24(13-8-22)35-31(39)30(34-15-16-37-19-26-17-25(37)20-40-26)23-10-5-21(6-11-23)9-14-29(38)36-28-4-2-1-3-27(28)33/h1-14,25-26,30,34H,15-17,19-20,33H2,(H,35,39)(H,36,38)/b14-9+/t25?,26?,30-/m0/s1. The maximum atomic E-state index is 13.4. The third kappa shape index (κ3) is 6.74. The number of hydrogen-bond donors (Lipinski definition) is 4. The highest BCUT2D eigenvalue weighted by Gasteiger charge is 2.38. The van der Waals surface area contributed by atoms with Gasteiger partial charge in [0.15, 0.2) is 0 Å². The maximum Gasteiger partial charge on any atom is 0.248 e. The van der Waals surface area contributed by atoms with Crippen LogP contribution in [0.25, 0.3) is 6.08 Å². The average Bonchev–Trinajstić information content (AvgIpc) is 3.60. The highest BCUT2D eigenvalue weighted by Crippen LogP contribution is 2.27. The van der Waals surface area contributed by atoms with Gasteiger partial charge in [-0.2, -0.15) is 5.26 Å². The second-order valence-electron chi connectivity index (χ2n) is 9.98. The molecule has 2 amide bonds. The predicted molar refractivity (Wildman–Crippen MR) is 155 cm³/mol. The lowest BCUT2D eigenvalue weighted by Gasteiger charge is -2.27. The van der Waals surface area contributed by atoms with Crippen molar-refractivity contribution in [2.45, 2.75) is 24.6 Å². The van der Waals surface area contributed by atoms with Gasteiger partial charge < -0.3 is 26.4 Å². The number of fused-ring (bicyclic) bond motifs is 2. The summed E-state index contributed by atoms with van der Waals surface area (Å²) >= 11 is 0. The minimum absolute atomic E-state index is 0.195. The Kier molecular flexibility index (Phi) is 8.52. The van der Waals surface area contributed by atoms with E-state index in [-0.39, 0.29) is 11.8 Å². The number of carbonyl (C=O) groups is 2. The fourth-order valence-corrected chi connectivity index (χ4v) is 5.07. The third-order valence-corrected chi connectivity index (χ3v) is 7.22. The fraction of sp³-hybridized carbons (Fsp3) is 0.258. The molecule has 2 saturated heterocycles. The lowest BCUT2D eigenvalue weighted by Crippen LogP contribution is -2.43. The molecule has 3 aromatic carbocycles. The highest BCUT2D eigenvalue weighted by atomic mass is 16.5. The van der Waals surface area contributed by atoms with Crippen LogP contribution in [0.4, 0.5) is 17.1 Å². The molecule has 0 aromatic heterocycles. The van der Waals surface area contributed by atoms with E-state index in [0.717, 1.165) is 37.2 Å². The number of nitrogens with two attached hydrogens (primary N) is 1. The van der Waals surface area contributed by atoms with Gasteiger partial charge in [-0.3, -0.25) is 14.5 Å². The smallest absolute Gasteiger partial charge is 0.248 e. The molecule has 0 spiro atoms. The largest absolute Gasteiger partial charge is 0.397 e. The molecule has 2 heterocycles. The molecule has 2 unspecified atom stereocenters. The quantitative estimate of drug-likeness (QED) is 0.230. The Labute approximate surface area is 233 Å². The van der Waals surface area contributed by atoms with Crippen molar-refractivity contribution < 1.29 is 14.3 Å². The van der Waals surface area contributed by atoms with Crippen LogP contribution >= 0.6 is 0 Å². The zero-order valence-corrected chi connectivity index (χ0v) is 22.0. The summed E-state index contributed by atoms with van der Waals surface area (Å²) < 4.78 is 5.70. The topological polar surface area (TPSA) is 133 Å². The molecule has 3 aromatic rings. The van der Waals surface area contributed by atoms with Crippen LogP contribution < -0.4 is 21.7 Å². The van der Waals surface area contributed by atoms with Gasteiger partial charge in [0, 0.05) is 37.4 Å². The molecule has 2 fully saturated rings. The second-order valence-corrected chi connectivity index (χ2v) is 9.98. The highest BCUT2D eigenvalue weighted by molar-refractivity contribution is 6.03. The van der Waals surface area contributed by atoms with Crippen LogP contribution in [0.15, 0.2) is 78.9 Å². The molecule has 2 aliphatic rings. The number of benzene rings is 3. The van der Waals surface area contributed by atoms with Crippen molar-refractivity contribution in [3.05, 3.63) is 95.6 Å². The Bertz CT molecular complexity index is 1410. The molecule has 5 N–H and O–H groups in total. The first-order valence-corrected chi connectivity index (χ1v) is 13.3. The number of ether oxygens (including phenoxy) is 1. The molecule has 2 aliphatic heterocycles. The number of morpholine rings is 1. The van der Waals surface area contributed by atoms with Gasteiger partial charge in [0.05, 0.1) is 35.7 Å². The first-order chi connectivity index (χ1) is 19.5. The first kappa shape index (κ1) is 27.1. The van der Waals surface area contributed by atoms with Crippen LogP contribution in [0.5, 0.6) is 0 Å². The molecule has 204 valence electrons. The van der Waals surface area contributed by atoms with E-state index in [1.807, 2.05) is 24.3 Å². The van der Waals surface area contributed by atoms with Crippen LogP contribution in [0.3, 0.4) is 0 Å². The summed E-state index contributed by atoms with van der Waals surface area (Å²) in [6.45, 7) is 3.17. The average molecular weight is 537 g/mol. The van der Waals surface area contributed by atoms with Crippen molar-refractivity contribution in [2.75, 3.05) is 42.6 Å². The molecule has 3 atom stereocenters. The van der Waals surface area contributed by atoms with Gasteiger partial charge in [0.25, 0.3) is 0 Å². The number of hydrogen-bond acceptors (Lipinski definition) is 7. The number of anilines is 3. The minimum atomic E-state index is -0.589. The SMILES string of the molecule is N#Cc1ccc(NC(=O)[C@@H](NCCN2CC3CC2CO3)c2ccc(/C=C/C(=O)Nc3ccccc3N)cc2)cc1. The summed E-state index contributed by atoms with van der Waals surface area (Å²) in [7, 11) is 0. The zero-order chi connectivity index (χ0) is 27.9. The normalized spacial score (nSPS) is 18.9. The molecular formula is C31H32N6O3. The summed E-state index contributed by atoms with van der Waals surface area (Å²) in [5, 5.41) is 18.2. The van der Waals surface area contributed by atoms with Crippen LogP contribution in [-0.4, -0.2) is 55.1 Å². The van der Waals surface area contributed by atoms with Crippen molar-refractivity contribution in [2.24, 2.45) is 0 Å². The predicted octanol–water partition coefficient (Wildman–Crippen LogP) is 3.53. The lowest BCUT2D eigenvalue weighted by atomic mass is 10.0. The van der Waals surface area contributed by atoms with Crippen molar-refractivity contribution in [1.82, 2.24) is 10.2 Å². The summed E-state index contributed by atoms with van der Waals surface area (Å²) in [4.78, 5) is 28.1.